The van der Waals surface area contributed by atoms with Gasteiger partial charge in [0.2, 0.25) is 0 Å². The van der Waals surface area contributed by atoms with E-state index in [4.69, 9.17) is 9.81 Å². The van der Waals surface area contributed by atoms with E-state index in [2.05, 4.69) is 9.97 Å². The van der Waals surface area contributed by atoms with Gasteiger partial charge in [-0.15, -0.1) is 0 Å². The summed E-state index contributed by atoms with van der Waals surface area (Å²) in [4.78, 5) is 17.7. The van der Waals surface area contributed by atoms with Crippen molar-refractivity contribution in [3.8, 4) is 23.1 Å². The van der Waals surface area contributed by atoms with E-state index in [9.17, 15) is 18.3 Å². The van der Waals surface area contributed by atoms with Crippen molar-refractivity contribution in [3.63, 3.8) is 0 Å². The molecule has 0 atom stereocenters. The molecule has 2 aromatic rings. The smallest absolute Gasteiger partial charge is 0.294 e. The molecule has 0 radical (unpaired) electrons. The predicted octanol–water partition coefficient (Wildman–Crippen LogP) is 0.983. The number of nitrogens with zero attached hydrogens (tertiary/aromatic N) is 2. The molecule has 0 aliphatic heterocycles. The monoisotopic (exact) mass is 339 g/mol. The van der Waals surface area contributed by atoms with Crippen LogP contribution in [0.1, 0.15) is 5.56 Å². The number of aromatic amines is 1. The van der Waals surface area contributed by atoms with Crippen LogP contribution in [0.2, 0.25) is 0 Å². The molecule has 0 saturated carbocycles. The van der Waals surface area contributed by atoms with Crippen molar-refractivity contribution in [2.24, 2.45) is 0 Å². The number of thioether (sulfide) groups is 1. The molecule has 10 heteroatoms. The molecule has 0 bridgehead atoms. The largest absolute Gasteiger partial charge is 0.507 e. The SMILES string of the molecule is CSc1nc(-c2cc(S(=O)(=O)O)ccc2O)c(C#N)c(=O)[nH]1. The number of H-pyrrole nitrogens is 1. The first-order valence-corrected chi connectivity index (χ1v) is 8.33. The molecule has 0 spiro atoms. The minimum absolute atomic E-state index is 0.145. The summed E-state index contributed by atoms with van der Waals surface area (Å²) in [5.41, 5.74) is -1.40. The van der Waals surface area contributed by atoms with Crippen LogP contribution in [-0.4, -0.2) is 34.3 Å². The summed E-state index contributed by atoms with van der Waals surface area (Å²) in [6.45, 7) is 0. The lowest BCUT2D eigenvalue weighted by Gasteiger charge is -2.08. The Kier molecular flexibility index (Phi) is 4.23. The first kappa shape index (κ1) is 16.0. The number of nitrogens with one attached hydrogen (secondary N) is 1. The molecule has 22 heavy (non-hydrogen) atoms. The molecular formula is C12H9N3O5S2. The number of aromatic hydroxyl groups is 1. The van der Waals surface area contributed by atoms with E-state index in [1.54, 1.807) is 12.3 Å². The van der Waals surface area contributed by atoms with Crippen molar-refractivity contribution in [2.75, 3.05) is 6.26 Å². The van der Waals surface area contributed by atoms with Crippen molar-refractivity contribution in [1.82, 2.24) is 9.97 Å². The lowest BCUT2D eigenvalue weighted by atomic mass is 10.1. The average molecular weight is 339 g/mol. The number of benzene rings is 1. The zero-order valence-electron chi connectivity index (χ0n) is 11.1. The Hall–Kier alpha value is -2.35. The second-order valence-electron chi connectivity index (χ2n) is 4.06. The van der Waals surface area contributed by atoms with Gasteiger partial charge in [-0.25, -0.2) is 4.98 Å². The second-order valence-corrected chi connectivity index (χ2v) is 6.28. The first-order chi connectivity index (χ1) is 10.3. The van der Waals surface area contributed by atoms with Crippen LogP contribution in [0.3, 0.4) is 0 Å². The highest BCUT2D eigenvalue weighted by molar-refractivity contribution is 7.98. The Bertz CT molecular complexity index is 944. The number of phenols is 1. The number of nitriles is 1. The minimum Gasteiger partial charge on any atom is -0.507 e. The van der Waals surface area contributed by atoms with Crippen molar-refractivity contribution < 1.29 is 18.1 Å². The lowest BCUT2D eigenvalue weighted by molar-refractivity contribution is 0.474. The molecule has 0 saturated heterocycles. The molecule has 8 nitrogen and oxygen atoms in total. The standard InChI is InChI=1S/C12H9N3O5S2/c1-21-12-14-10(8(5-13)11(17)15-12)7-4-6(22(18,19)20)2-3-9(7)16/h2-4,16H,1H3,(H,14,15,17)(H,18,19,20). The van der Waals surface area contributed by atoms with Crippen molar-refractivity contribution in [1.29, 1.82) is 5.26 Å². The summed E-state index contributed by atoms with van der Waals surface area (Å²) in [6.07, 6.45) is 1.64. The van der Waals surface area contributed by atoms with Gasteiger partial charge in [-0.05, 0) is 24.5 Å². The lowest BCUT2D eigenvalue weighted by Crippen LogP contribution is -2.14. The van der Waals surface area contributed by atoms with Crippen LogP contribution >= 0.6 is 11.8 Å². The van der Waals surface area contributed by atoms with Crippen LogP contribution in [0.5, 0.6) is 5.75 Å². The van der Waals surface area contributed by atoms with Gasteiger partial charge in [0.25, 0.3) is 15.7 Å². The maximum atomic E-state index is 11.8. The summed E-state index contributed by atoms with van der Waals surface area (Å²) in [7, 11) is -4.51. The fraction of sp³-hybridized carbons (Fsp3) is 0.0833. The predicted molar refractivity (Wildman–Crippen MR) is 78.3 cm³/mol. The number of aromatic nitrogens is 2. The summed E-state index contributed by atoms with van der Waals surface area (Å²) in [5, 5.41) is 19.2. The number of phenolic OH excluding ortho intramolecular Hbond substituents is 1. The highest BCUT2D eigenvalue weighted by atomic mass is 32.2. The fourth-order valence-corrected chi connectivity index (χ4v) is 2.60. The quantitative estimate of drug-likeness (QED) is 0.426. The van der Waals surface area contributed by atoms with Crippen molar-refractivity contribution in [3.05, 3.63) is 34.1 Å². The van der Waals surface area contributed by atoms with Crippen molar-refractivity contribution >= 4 is 21.9 Å². The summed E-state index contributed by atoms with van der Waals surface area (Å²) in [6, 6.07) is 4.62. The van der Waals surface area contributed by atoms with E-state index in [1.165, 1.54) is 0 Å². The minimum atomic E-state index is -4.51. The average Bonchev–Trinajstić information content (AvgIpc) is 2.45. The molecule has 1 aromatic carbocycles. The van der Waals surface area contributed by atoms with E-state index in [1.807, 2.05) is 0 Å². The van der Waals surface area contributed by atoms with E-state index in [0.717, 1.165) is 30.0 Å². The van der Waals surface area contributed by atoms with Crippen LogP contribution in [0.4, 0.5) is 0 Å². The molecule has 2 rings (SSSR count). The number of hydrogen-bond acceptors (Lipinski definition) is 7. The molecule has 0 unspecified atom stereocenters. The van der Waals surface area contributed by atoms with Gasteiger partial charge >= 0.3 is 0 Å². The fourth-order valence-electron chi connectivity index (χ4n) is 1.71. The van der Waals surface area contributed by atoms with Crippen LogP contribution in [0.25, 0.3) is 11.3 Å². The molecule has 0 aliphatic rings. The van der Waals surface area contributed by atoms with Gasteiger partial charge in [0.05, 0.1) is 4.90 Å². The topological polar surface area (TPSA) is 144 Å². The van der Waals surface area contributed by atoms with Gasteiger partial charge in [-0.1, -0.05) is 11.8 Å². The van der Waals surface area contributed by atoms with E-state index in [0.29, 0.717) is 0 Å². The van der Waals surface area contributed by atoms with E-state index >= 15 is 0 Å². The summed E-state index contributed by atoms with van der Waals surface area (Å²) < 4.78 is 31.4. The van der Waals surface area contributed by atoms with Gasteiger partial charge in [-0.2, -0.15) is 13.7 Å². The summed E-state index contributed by atoms with van der Waals surface area (Å²) >= 11 is 1.10. The Morgan fingerprint density at radius 3 is 2.64 bits per heavy atom. The third kappa shape index (κ3) is 2.96. The van der Waals surface area contributed by atoms with Crippen LogP contribution in [0, 0.1) is 11.3 Å². The molecular weight excluding hydrogens is 330 g/mol. The number of hydrogen-bond donors (Lipinski definition) is 3. The van der Waals surface area contributed by atoms with Crippen molar-refractivity contribution in [2.45, 2.75) is 10.1 Å². The Labute approximate surface area is 129 Å². The van der Waals surface area contributed by atoms with E-state index in [-0.39, 0.29) is 27.7 Å². The van der Waals surface area contributed by atoms with E-state index < -0.39 is 20.6 Å². The maximum absolute atomic E-state index is 11.8. The molecule has 1 aromatic heterocycles. The third-order valence-corrected chi connectivity index (χ3v) is 4.15. The third-order valence-electron chi connectivity index (χ3n) is 2.72. The van der Waals surface area contributed by atoms with Gasteiger partial charge in [0.15, 0.2) is 5.16 Å². The van der Waals surface area contributed by atoms with Gasteiger partial charge in [-0.3, -0.25) is 9.35 Å². The van der Waals surface area contributed by atoms with Gasteiger partial charge < -0.3 is 10.1 Å². The Balaban J connectivity index is 2.85. The summed E-state index contributed by atoms with van der Waals surface area (Å²) in [5.74, 6) is -0.381. The highest BCUT2D eigenvalue weighted by Gasteiger charge is 2.19. The van der Waals surface area contributed by atoms with Gasteiger partial charge in [0.1, 0.15) is 23.1 Å². The Morgan fingerprint density at radius 2 is 2.09 bits per heavy atom. The van der Waals surface area contributed by atoms with Crippen LogP contribution < -0.4 is 5.56 Å². The zero-order valence-corrected chi connectivity index (χ0v) is 12.7. The number of rotatable bonds is 3. The van der Waals surface area contributed by atoms with Crippen LogP contribution in [-0.2, 0) is 10.1 Å². The molecule has 3 N–H and O–H groups in total. The highest BCUT2D eigenvalue weighted by Crippen LogP contribution is 2.31. The molecule has 114 valence electrons. The molecule has 0 fully saturated rings. The van der Waals surface area contributed by atoms with Crippen LogP contribution in [0.15, 0.2) is 33.0 Å². The second kappa shape index (κ2) is 5.80. The molecule has 1 heterocycles. The molecule has 0 amide bonds. The maximum Gasteiger partial charge on any atom is 0.294 e. The Morgan fingerprint density at radius 1 is 1.41 bits per heavy atom. The molecule has 0 aliphatic carbocycles. The van der Waals surface area contributed by atoms with Gasteiger partial charge in [0, 0.05) is 5.56 Å². The first-order valence-electron chi connectivity index (χ1n) is 5.67. The normalized spacial score (nSPS) is 11.1. The zero-order chi connectivity index (χ0) is 16.5.